The largest absolute Gasteiger partial charge is 0.320 e. The van der Waals surface area contributed by atoms with Gasteiger partial charge in [0.1, 0.15) is 5.67 Å². The minimum absolute atomic E-state index is 0.622. The maximum atomic E-state index is 13.6. The van der Waals surface area contributed by atoms with Crippen LogP contribution in [0.3, 0.4) is 0 Å². The lowest BCUT2D eigenvalue weighted by molar-refractivity contribution is 0.0601. The fourth-order valence-electron chi connectivity index (χ4n) is 1.97. The van der Waals surface area contributed by atoms with E-state index in [0.29, 0.717) is 6.54 Å². The van der Waals surface area contributed by atoms with Crippen LogP contribution < -0.4 is 5.32 Å². The predicted octanol–water partition coefficient (Wildman–Crippen LogP) is 1.42. The van der Waals surface area contributed by atoms with E-state index in [0.717, 1.165) is 38.9 Å². The van der Waals surface area contributed by atoms with Crippen LogP contribution in [-0.2, 0) is 0 Å². The maximum absolute atomic E-state index is 13.6. The topological polar surface area (TPSA) is 15.3 Å². The number of nitrogens with zero attached hydrogens (tertiary/aromatic N) is 1. The van der Waals surface area contributed by atoms with Gasteiger partial charge in [0.15, 0.2) is 0 Å². The summed E-state index contributed by atoms with van der Waals surface area (Å²) in [6, 6.07) is 0. The van der Waals surface area contributed by atoms with E-state index in [9.17, 15) is 4.39 Å². The molecule has 13 heavy (non-hydrogen) atoms. The van der Waals surface area contributed by atoms with E-state index in [-0.39, 0.29) is 0 Å². The molecule has 1 rings (SSSR count). The fraction of sp³-hybridized carbons (Fsp3) is 1.00. The molecule has 3 heteroatoms. The van der Waals surface area contributed by atoms with Crippen molar-refractivity contribution in [2.24, 2.45) is 0 Å². The van der Waals surface area contributed by atoms with E-state index >= 15 is 0 Å². The lowest BCUT2D eigenvalue weighted by Gasteiger charge is -2.35. The van der Waals surface area contributed by atoms with Crippen LogP contribution in [0.25, 0.3) is 0 Å². The van der Waals surface area contributed by atoms with Gasteiger partial charge in [-0.05, 0) is 52.9 Å². The first kappa shape index (κ1) is 10.9. The molecular weight excluding hydrogens is 167 g/mol. The second-order valence-electron chi connectivity index (χ2n) is 4.25. The second-order valence-corrected chi connectivity index (χ2v) is 4.25. The monoisotopic (exact) mass is 188 g/mol. The SMILES string of the molecule is CNCCCN1CCCC(C)(F)C1. The van der Waals surface area contributed by atoms with Gasteiger partial charge in [0.2, 0.25) is 0 Å². The molecule has 0 spiro atoms. The first-order valence-electron chi connectivity index (χ1n) is 5.20. The molecule has 0 bridgehead atoms. The van der Waals surface area contributed by atoms with E-state index in [1.807, 2.05) is 7.05 Å². The average molecular weight is 188 g/mol. The summed E-state index contributed by atoms with van der Waals surface area (Å²) in [5, 5.41) is 3.11. The van der Waals surface area contributed by atoms with Crippen LogP contribution in [0.1, 0.15) is 26.2 Å². The Morgan fingerprint density at radius 2 is 2.31 bits per heavy atom. The summed E-state index contributed by atoms with van der Waals surface area (Å²) in [5.41, 5.74) is -0.947. The number of nitrogens with one attached hydrogen (secondary N) is 1. The molecule has 0 aromatic carbocycles. The lowest BCUT2D eigenvalue weighted by atomic mass is 9.97. The third kappa shape index (κ3) is 4.05. The van der Waals surface area contributed by atoms with Crippen LogP contribution in [0.15, 0.2) is 0 Å². The van der Waals surface area contributed by atoms with Crippen molar-refractivity contribution in [3.63, 3.8) is 0 Å². The number of alkyl halides is 1. The second kappa shape index (κ2) is 4.91. The van der Waals surface area contributed by atoms with Crippen molar-refractivity contribution in [1.29, 1.82) is 0 Å². The number of hydrogen-bond donors (Lipinski definition) is 1. The first-order chi connectivity index (χ1) is 6.14. The molecule has 0 aromatic heterocycles. The Labute approximate surface area is 80.5 Å². The average Bonchev–Trinajstić information content (AvgIpc) is 2.03. The number of piperidine rings is 1. The standard InChI is InChI=1S/C10H21FN2/c1-10(11)5-3-7-13(9-10)8-4-6-12-2/h12H,3-9H2,1-2H3. The number of halogens is 1. The summed E-state index contributed by atoms with van der Waals surface area (Å²) in [7, 11) is 1.95. The highest BCUT2D eigenvalue weighted by atomic mass is 19.1. The summed E-state index contributed by atoms with van der Waals surface area (Å²) < 4.78 is 13.6. The molecule has 1 N–H and O–H groups in total. The van der Waals surface area contributed by atoms with Crippen molar-refractivity contribution in [3.05, 3.63) is 0 Å². The number of likely N-dealkylation sites (tertiary alicyclic amines) is 1. The van der Waals surface area contributed by atoms with Gasteiger partial charge in [-0.3, -0.25) is 0 Å². The van der Waals surface area contributed by atoms with Crippen molar-refractivity contribution in [3.8, 4) is 0 Å². The van der Waals surface area contributed by atoms with Gasteiger partial charge in [-0.2, -0.15) is 0 Å². The Bertz CT molecular complexity index is 148. The minimum atomic E-state index is -0.947. The highest BCUT2D eigenvalue weighted by Gasteiger charge is 2.29. The fourth-order valence-corrected chi connectivity index (χ4v) is 1.97. The maximum Gasteiger partial charge on any atom is 0.120 e. The molecule has 1 unspecified atom stereocenters. The smallest absolute Gasteiger partial charge is 0.120 e. The minimum Gasteiger partial charge on any atom is -0.320 e. The third-order valence-electron chi connectivity index (χ3n) is 2.63. The Morgan fingerprint density at radius 1 is 1.54 bits per heavy atom. The highest BCUT2D eigenvalue weighted by molar-refractivity contribution is 4.83. The molecule has 0 saturated carbocycles. The van der Waals surface area contributed by atoms with Crippen molar-refractivity contribution in [2.75, 3.05) is 33.2 Å². The van der Waals surface area contributed by atoms with Crippen LogP contribution >= 0.6 is 0 Å². The third-order valence-corrected chi connectivity index (χ3v) is 2.63. The zero-order valence-electron chi connectivity index (χ0n) is 8.77. The van der Waals surface area contributed by atoms with E-state index in [1.54, 1.807) is 6.92 Å². The van der Waals surface area contributed by atoms with Gasteiger partial charge < -0.3 is 10.2 Å². The van der Waals surface area contributed by atoms with Gasteiger partial charge in [0.05, 0.1) is 0 Å². The zero-order valence-corrected chi connectivity index (χ0v) is 8.77. The molecule has 1 aliphatic rings. The Balaban J connectivity index is 2.19. The van der Waals surface area contributed by atoms with E-state index in [1.165, 1.54) is 0 Å². The quantitative estimate of drug-likeness (QED) is 0.671. The lowest BCUT2D eigenvalue weighted by Crippen LogP contribution is -2.44. The summed E-state index contributed by atoms with van der Waals surface area (Å²) in [6.45, 7) is 5.47. The Morgan fingerprint density at radius 3 is 2.92 bits per heavy atom. The van der Waals surface area contributed by atoms with Crippen LogP contribution in [0, 0.1) is 0 Å². The molecule has 0 aromatic rings. The molecule has 1 heterocycles. The Kier molecular flexibility index (Phi) is 4.13. The molecule has 0 aliphatic carbocycles. The molecular formula is C10H21FN2. The molecule has 1 aliphatic heterocycles. The first-order valence-corrected chi connectivity index (χ1v) is 5.20. The highest BCUT2D eigenvalue weighted by Crippen LogP contribution is 2.24. The van der Waals surface area contributed by atoms with Gasteiger partial charge in [-0.1, -0.05) is 0 Å². The molecule has 1 saturated heterocycles. The van der Waals surface area contributed by atoms with Gasteiger partial charge in [-0.15, -0.1) is 0 Å². The van der Waals surface area contributed by atoms with E-state index < -0.39 is 5.67 Å². The predicted molar refractivity (Wildman–Crippen MR) is 53.7 cm³/mol. The van der Waals surface area contributed by atoms with Crippen molar-refractivity contribution in [1.82, 2.24) is 10.2 Å². The van der Waals surface area contributed by atoms with Crippen LogP contribution in [0.5, 0.6) is 0 Å². The normalized spacial score (nSPS) is 30.7. The van der Waals surface area contributed by atoms with Crippen LogP contribution in [0.4, 0.5) is 4.39 Å². The number of rotatable bonds is 4. The molecule has 78 valence electrons. The Hall–Kier alpha value is -0.150. The summed E-state index contributed by atoms with van der Waals surface area (Å²) in [5.74, 6) is 0. The zero-order chi connectivity index (χ0) is 9.73. The molecule has 1 atom stereocenters. The van der Waals surface area contributed by atoms with E-state index in [2.05, 4.69) is 10.2 Å². The molecule has 2 nitrogen and oxygen atoms in total. The van der Waals surface area contributed by atoms with Gasteiger partial charge in [0, 0.05) is 6.54 Å². The van der Waals surface area contributed by atoms with Crippen LogP contribution in [0.2, 0.25) is 0 Å². The van der Waals surface area contributed by atoms with Crippen molar-refractivity contribution < 1.29 is 4.39 Å². The van der Waals surface area contributed by atoms with Crippen molar-refractivity contribution >= 4 is 0 Å². The summed E-state index contributed by atoms with van der Waals surface area (Å²) in [6.07, 6.45) is 2.86. The summed E-state index contributed by atoms with van der Waals surface area (Å²) in [4.78, 5) is 2.24. The van der Waals surface area contributed by atoms with Gasteiger partial charge >= 0.3 is 0 Å². The van der Waals surface area contributed by atoms with E-state index in [4.69, 9.17) is 0 Å². The molecule has 0 amide bonds. The van der Waals surface area contributed by atoms with Gasteiger partial charge in [-0.25, -0.2) is 4.39 Å². The summed E-state index contributed by atoms with van der Waals surface area (Å²) >= 11 is 0. The molecule has 1 fully saturated rings. The molecule has 0 radical (unpaired) electrons. The van der Waals surface area contributed by atoms with Gasteiger partial charge in [0.25, 0.3) is 0 Å². The number of hydrogen-bond acceptors (Lipinski definition) is 2. The van der Waals surface area contributed by atoms with Crippen LogP contribution in [-0.4, -0.2) is 43.8 Å². The van der Waals surface area contributed by atoms with Crippen molar-refractivity contribution in [2.45, 2.75) is 31.9 Å².